The summed E-state index contributed by atoms with van der Waals surface area (Å²) in [6, 6.07) is -1.45. The van der Waals surface area contributed by atoms with Gasteiger partial charge in [0, 0.05) is 32.4 Å². The van der Waals surface area contributed by atoms with Gasteiger partial charge in [-0.2, -0.15) is 5.10 Å². The van der Waals surface area contributed by atoms with E-state index < -0.39 is 12.0 Å². The zero-order valence-corrected chi connectivity index (χ0v) is 11.9. The Balaban J connectivity index is 1.97. The maximum absolute atomic E-state index is 12.0. The van der Waals surface area contributed by atoms with Crippen molar-refractivity contribution in [2.24, 2.45) is 18.9 Å². The first-order valence-corrected chi connectivity index (χ1v) is 6.61. The molecule has 110 valence electrons. The molecule has 0 radical (unpaired) electrons. The van der Waals surface area contributed by atoms with Crippen molar-refractivity contribution >= 4 is 12.0 Å². The average molecular weight is 280 g/mol. The zero-order valence-electron chi connectivity index (χ0n) is 11.9. The van der Waals surface area contributed by atoms with Crippen LogP contribution in [-0.2, 0) is 11.8 Å². The van der Waals surface area contributed by atoms with Gasteiger partial charge in [0.15, 0.2) is 6.04 Å². The fraction of sp³-hybridized carbons (Fsp3) is 0.615. The summed E-state index contributed by atoms with van der Waals surface area (Å²) in [6.45, 7) is 2.80. The number of hydrogen-bond donors (Lipinski definition) is 2. The van der Waals surface area contributed by atoms with Crippen LogP contribution in [0.1, 0.15) is 24.9 Å². The second-order valence-corrected chi connectivity index (χ2v) is 5.52. The number of rotatable bonds is 5. The van der Waals surface area contributed by atoms with Crippen LogP contribution in [0.15, 0.2) is 12.4 Å². The summed E-state index contributed by atoms with van der Waals surface area (Å²) < 4.78 is 1.51. The molecule has 1 aliphatic rings. The van der Waals surface area contributed by atoms with Crippen molar-refractivity contribution in [3.05, 3.63) is 18.0 Å². The number of carboxylic acids is 1. The Hall–Kier alpha value is -2.05. The number of aryl methyl sites for hydroxylation is 1. The van der Waals surface area contributed by atoms with Gasteiger partial charge >= 0.3 is 12.0 Å². The number of urea groups is 1. The average Bonchev–Trinajstić information content (AvgIpc) is 2.88. The Kier molecular flexibility index (Phi) is 3.96. The molecule has 0 saturated heterocycles. The third-order valence-electron chi connectivity index (χ3n) is 3.70. The van der Waals surface area contributed by atoms with Crippen LogP contribution in [0.4, 0.5) is 4.79 Å². The number of carboxylic acid groups (broad SMARTS) is 1. The number of aliphatic carboxylic acids is 1. The number of amides is 2. The van der Waals surface area contributed by atoms with Gasteiger partial charge < -0.3 is 15.3 Å². The molecule has 1 saturated carbocycles. The van der Waals surface area contributed by atoms with Gasteiger partial charge in [0.25, 0.3) is 0 Å². The first-order chi connectivity index (χ1) is 9.38. The monoisotopic (exact) mass is 280 g/mol. The molecule has 1 aliphatic carbocycles. The van der Waals surface area contributed by atoms with Crippen molar-refractivity contribution in [2.75, 3.05) is 13.6 Å². The molecule has 20 heavy (non-hydrogen) atoms. The first-order valence-electron chi connectivity index (χ1n) is 6.61. The van der Waals surface area contributed by atoms with E-state index in [4.69, 9.17) is 0 Å². The molecular weight excluding hydrogens is 260 g/mol. The van der Waals surface area contributed by atoms with Crippen LogP contribution < -0.4 is 5.32 Å². The molecule has 2 rings (SSSR count). The Morgan fingerprint density at radius 2 is 2.30 bits per heavy atom. The maximum atomic E-state index is 12.0. The number of aromatic nitrogens is 2. The summed E-state index contributed by atoms with van der Waals surface area (Å²) in [5.41, 5.74) is 0.460. The molecule has 2 amide bonds. The highest BCUT2D eigenvalue weighted by Gasteiger charge is 2.35. The van der Waals surface area contributed by atoms with Crippen molar-refractivity contribution < 1.29 is 14.7 Å². The normalized spacial score (nSPS) is 22.1. The molecule has 1 aromatic rings. The minimum Gasteiger partial charge on any atom is -0.479 e. The van der Waals surface area contributed by atoms with Crippen LogP contribution in [0.3, 0.4) is 0 Å². The molecule has 0 spiro atoms. The van der Waals surface area contributed by atoms with Crippen molar-refractivity contribution in [1.29, 1.82) is 0 Å². The zero-order chi connectivity index (χ0) is 14.9. The largest absolute Gasteiger partial charge is 0.479 e. The summed E-state index contributed by atoms with van der Waals surface area (Å²) in [6.07, 6.45) is 4.16. The van der Waals surface area contributed by atoms with Crippen molar-refractivity contribution in [3.8, 4) is 0 Å². The predicted molar refractivity (Wildman–Crippen MR) is 72.0 cm³/mol. The second kappa shape index (κ2) is 5.52. The quantitative estimate of drug-likeness (QED) is 0.836. The molecule has 3 atom stereocenters. The molecule has 1 fully saturated rings. The lowest BCUT2D eigenvalue weighted by atomic mass is 10.1. The third-order valence-corrected chi connectivity index (χ3v) is 3.70. The van der Waals surface area contributed by atoms with Crippen LogP contribution in [0.25, 0.3) is 0 Å². The minimum atomic E-state index is -1.10. The standard InChI is InChI=1S/C13H20N4O3/c1-8-4-9(8)6-16(2)13(20)15-11(12(18)19)10-5-14-17(3)7-10/h5,7-9,11H,4,6H2,1-3H3,(H,15,20)(H,18,19). The van der Waals surface area contributed by atoms with Gasteiger partial charge in [0.1, 0.15) is 0 Å². The maximum Gasteiger partial charge on any atom is 0.331 e. The highest BCUT2D eigenvalue weighted by atomic mass is 16.4. The number of nitrogens with one attached hydrogen (secondary N) is 1. The highest BCUT2D eigenvalue weighted by molar-refractivity contribution is 5.83. The topological polar surface area (TPSA) is 87.5 Å². The molecule has 1 heterocycles. The minimum absolute atomic E-state index is 0.375. The fourth-order valence-electron chi connectivity index (χ4n) is 2.20. The van der Waals surface area contributed by atoms with Crippen LogP contribution in [-0.4, -0.2) is 45.4 Å². The summed E-state index contributed by atoms with van der Waals surface area (Å²) in [4.78, 5) is 24.9. The van der Waals surface area contributed by atoms with E-state index in [0.717, 1.165) is 6.42 Å². The molecule has 0 aliphatic heterocycles. The number of carbonyl (C=O) groups is 2. The van der Waals surface area contributed by atoms with Crippen LogP contribution in [0.5, 0.6) is 0 Å². The molecule has 1 aromatic heterocycles. The summed E-state index contributed by atoms with van der Waals surface area (Å²) in [5.74, 6) is 0.0887. The molecule has 0 bridgehead atoms. The van der Waals surface area contributed by atoms with Gasteiger partial charge in [-0.25, -0.2) is 9.59 Å². The number of nitrogens with zero attached hydrogens (tertiary/aromatic N) is 3. The lowest BCUT2D eigenvalue weighted by Crippen LogP contribution is -2.42. The summed E-state index contributed by atoms with van der Waals surface area (Å²) >= 11 is 0. The van der Waals surface area contributed by atoms with Crippen LogP contribution in [0.2, 0.25) is 0 Å². The summed E-state index contributed by atoms with van der Waals surface area (Å²) in [7, 11) is 3.38. The number of carbonyl (C=O) groups excluding carboxylic acids is 1. The van der Waals surface area contributed by atoms with Crippen molar-refractivity contribution in [2.45, 2.75) is 19.4 Å². The third kappa shape index (κ3) is 3.28. The predicted octanol–water partition coefficient (Wildman–Crippen LogP) is 0.843. The lowest BCUT2D eigenvalue weighted by molar-refractivity contribution is -0.139. The fourth-order valence-corrected chi connectivity index (χ4v) is 2.20. The highest BCUT2D eigenvalue weighted by Crippen LogP contribution is 2.37. The van der Waals surface area contributed by atoms with Gasteiger partial charge in [-0.1, -0.05) is 6.92 Å². The molecular formula is C13H20N4O3. The van der Waals surface area contributed by atoms with Gasteiger partial charge in [-0.05, 0) is 18.3 Å². The van der Waals surface area contributed by atoms with E-state index in [1.807, 2.05) is 0 Å². The lowest BCUT2D eigenvalue weighted by Gasteiger charge is -2.21. The van der Waals surface area contributed by atoms with E-state index in [1.54, 1.807) is 25.2 Å². The van der Waals surface area contributed by atoms with E-state index in [-0.39, 0.29) is 6.03 Å². The Bertz CT molecular complexity index is 513. The van der Waals surface area contributed by atoms with Gasteiger partial charge in [-0.3, -0.25) is 4.68 Å². The molecule has 7 heteroatoms. The van der Waals surface area contributed by atoms with E-state index in [1.165, 1.54) is 10.9 Å². The second-order valence-electron chi connectivity index (χ2n) is 5.52. The van der Waals surface area contributed by atoms with Crippen LogP contribution in [0, 0.1) is 11.8 Å². The van der Waals surface area contributed by atoms with Crippen molar-refractivity contribution in [1.82, 2.24) is 20.0 Å². The van der Waals surface area contributed by atoms with Gasteiger partial charge in [0.05, 0.1) is 6.20 Å². The molecule has 3 unspecified atom stereocenters. The van der Waals surface area contributed by atoms with Gasteiger partial charge in [0.2, 0.25) is 0 Å². The SMILES string of the molecule is CC1CC1CN(C)C(=O)NC(C(=O)O)c1cnn(C)c1. The smallest absolute Gasteiger partial charge is 0.331 e. The van der Waals surface area contributed by atoms with E-state index in [9.17, 15) is 14.7 Å². The molecule has 0 aromatic carbocycles. The van der Waals surface area contributed by atoms with E-state index in [0.29, 0.717) is 23.9 Å². The Morgan fingerprint density at radius 3 is 2.75 bits per heavy atom. The summed E-state index contributed by atoms with van der Waals surface area (Å²) in [5, 5.41) is 15.7. The Labute approximate surface area is 117 Å². The van der Waals surface area contributed by atoms with E-state index in [2.05, 4.69) is 17.3 Å². The van der Waals surface area contributed by atoms with Crippen molar-refractivity contribution in [3.63, 3.8) is 0 Å². The number of hydrogen-bond acceptors (Lipinski definition) is 3. The molecule has 7 nitrogen and oxygen atoms in total. The van der Waals surface area contributed by atoms with Gasteiger partial charge in [-0.15, -0.1) is 0 Å². The first kappa shape index (κ1) is 14.4. The van der Waals surface area contributed by atoms with E-state index >= 15 is 0 Å². The van der Waals surface area contributed by atoms with Crippen LogP contribution >= 0.6 is 0 Å². The molecule has 2 N–H and O–H groups in total. The Morgan fingerprint density at radius 1 is 1.65 bits per heavy atom.